The van der Waals surface area contributed by atoms with Crippen LogP contribution in [-0.4, -0.2) is 70.4 Å². The maximum Gasteiger partial charge on any atom is 0.319 e. The van der Waals surface area contributed by atoms with Gasteiger partial charge in [0.25, 0.3) is 5.91 Å². The number of primary amides is 1. The molecule has 0 aliphatic carbocycles. The third kappa shape index (κ3) is 6.86. The van der Waals surface area contributed by atoms with Crippen LogP contribution in [0, 0.1) is 0 Å². The molecule has 2 heterocycles. The Morgan fingerprint density at radius 3 is 2.59 bits per heavy atom. The van der Waals surface area contributed by atoms with Crippen LogP contribution in [0.1, 0.15) is 22.5 Å². The quantitative estimate of drug-likeness (QED) is 0.320. The molecule has 0 saturated carbocycles. The van der Waals surface area contributed by atoms with Crippen LogP contribution in [0.2, 0.25) is 0 Å². The lowest BCUT2D eigenvalue weighted by molar-refractivity contribution is -0.130. The smallest absolute Gasteiger partial charge is 0.319 e. The zero-order chi connectivity index (χ0) is 27.8. The second kappa shape index (κ2) is 12.5. The van der Waals surface area contributed by atoms with Gasteiger partial charge in [0.2, 0.25) is 11.8 Å². The van der Waals surface area contributed by atoms with Crippen molar-refractivity contribution in [1.82, 2.24) is 25.5 Å². The zero-order valence-electron chi connectivity index (χ0n) is 21.2. The number of ether oxygens (including phenoxy) is 1. The van der Waals surface area contributed by atoms with Gasteiger partial charge in [-0.3, -0.25) is 19.4 Å². The second-order valence-corrected chi connectivity index (χ2v) is 8.91. The fourth-order valence-corrected chi connectivity index (χ4v) is 4.42. The van der Waals surface area contributed by atoms with Crippen LogP contribution in [0.25, 0.3) is 0 Å². The number of nitrogens with two attached hydrogens (primary N) is 1. The number of aromatic nitrogens is 2. The number of nitrogens with zero attached hydrogens (tertiary/aromatic N) is 3. The van der Waals surface area contributed by atoms with Crippen molar-refractivity contribution in [2.75, 3.05) is 19.0 Å². The molecule has 1 aromatic heterocycles. The molecule has 0 bridgehead atoms. The van der Waals surface area contributed by atoms with Crippen molar-refractivity contribution in [1.29, 1.82) is 0 Å². The molecule has 3 aromatic rings. The number of likely N-dealkylation sites (tertiary alicyclic amines) is 1. The molecule has 0 radical (unpaired) electrons. The maximum atomic E-state index is 13.6. The number of carbonyl (C=O) groups excluding carboxylic acids is 4. The first-order valence-electron chi connectivity index (χ1n) is 12.3. The highest BCUT2D eigenvalue weighted by atomic mass is 16.5. The average molecular weight is 532 g/mol. The van der Waals surface area contributed by atoms with E-state index in [2.05, 4.69) is 25.9 Å². The van der Waals surface area contributed by atoms with Crippen molar-refractivity contribution in [3.8, 4) is 5.75 Å². The van der Waals surface area contributed by atoms with Crippen molar-refractivity contribution in [3.63, 3.8) is 0 Å². The minimum atomic E-state index is -1.13. The summed E-state index contributed by atoms with van der Waals surface area (Å²) in [5.74, 6) is -1.32. The molecule has 2 aromatic carbocycles. The maximum absolute atomic E-state index is 13.6. The largest absolute Gasteiger partial charge is 0.497 e. The molecule has 0 spiro atoms. The van der Waals surface area contributed by atoms with Gasteiger partial charge in [-0.1, -0.05) is 36.4 Å². The summed E-state index contributed by atoms with van der Waals surface area (Å²) in [6.07, 6.45) is 4.56. The number of benzene rings is 2. The van der Waals surface area contributed by atoms with Gasteiger partial charge in [0.1, 0.15) is 23.5 Å². The Morgan fingerprint density at radius 2 is 1.90 bits per heavy atom. The van der Waals surface area contributed by atoms with Crippen molar-refractivity contribution in [2.24, 2.45) is 5.73 Å². The van der Waals surface area contributed by atoms with E-state index in [9.17, 15) is 19.2 Å². The monoisotopic (exact) mass is 531 g/mol. The lowest BCUT2D eigenvalue weighted by Gasteiger charge is -2.29. The number of hydrogen-bond donors (Lipinski definition) is 4. The van der Waals surface area contributed by atoms with Crippen LogP contribution >= 0.6 is 0 Å². The van der Waals surface area contributed by atoms with Gasteiger partial charge in [-0.05, 0) is 24.1 Å². The van der Waals surface area contributed by atoms with E-state index in [0.29, 0.717) is 11.4 Å². The van der Waals surface area contributed by atoms with Gasteiger partial charge in [-0.2, -0.15) is 0 Å². The van der Waals surface area contributed by atoms with E-state index in [1.54, 1.807) is 24.3 Å². The Hall–Kier alpha value is -5.00. The van der Waals surface area contributed by atoms with E-state index in [4.69, 9.17) is 10.5 Å². The van der Waals surface area contributed by atoms with Crippen molar-refractivity contribution in [2.45, 2.75) is 31.0 Å². The lowest BCUT2D eigenvalue weighted by Crippen LogP contribution is -2.58. The average Bonchev–Trinajstić information content (AvgIpc) is 3.36. The number of amides is 5. The van der Waals surface area contributed by atoms with Crippen molar-refractivity contribution < 1.29 is 23.9 Å². The molecular weight excluding hydrogens is 502 g/mol. The van der Waals surface area contributed by atoms with E-state index in [0.717, 1.165) is 5.56 Å². The van der Waals surface area contributed by atoms with Crippen LogP contribution in [-0.2, 0) is 16.0 Å². The van der Waals surface area contributed by atoms with Gasteiger partial charge in [-0.25, -0.2) is 9.78 Å². The molecule has 12 heteroatoms. The number of anilines is 1. The van der Waals surface area contributed by atoms with E-state index >= 15 is 0 Å². The molecular formula is C27H29N7O5. The lowest BCUT2D eigenvalue weighted by atomic mass is 10.0. The Labute approximate surface area is 225 Å². The number of methoxy groups -OCH3 is 1. The second-order valence-electron chi connectivity index (χ2n) is 8.91. The summed E-state index contributed by atoms with van der Waals surface area (Å²) < 4.78 is 5.18. The molecule has 3 atom stereocenters. The first-order chi connectivity index (χ1) is 18.9. The van der Waals surface area contributed by atoms with Gasteiger partial charge in [0.05, 0.1) is 19.3 Å². The molecule has 1 aliphatic heterocycles. The summed E-state index contributed by atoms with van der Waals surface area (Å²) >= 11 is 0. The van der Waals surface area contributed by atoms with Gasteiger partial charge in [0.15, 0.2) is 0 Å². The van der Waals surface area contributed by atoms with Crippen LogP contribution in [0.3, 0.4) is 0 Å². The first-order valence-corrected chi connectivity index (χ1v) is 12.3. The number of nitrogens with one attached hydrogen (secondary N) is 3. The summed E-state index contributed by atoms with van der Waals surface area (Å²) in [5.41, 5.74) is 6.93. The molecule has 202 valence electrons. The van der Waals surface area contributed by atoms with E-state index in [1.165, 1.54) is 30.6 Å². The minimum Gasteiger partial charge on any atom is -0.497 e. The SMILES string of the molecule is COc1cccc(NC(=O)NC2CCN(C(=O)c3cnccn3)C2C(=O)NC(Cc2ccccc2)C(N)=O)c1. The molecule has 5 amide bonds. The van der Waals surface area contributed by atoms with Crippen LogP contribution < -0.4 is 26.4 Å². The normalized spacial score (nSPS) is 17.1. The van der Waals surface area contributed by atoms with E-state index in [1.807, 2.05) is 30.3 Å². The van der Waals surface area contributed by atoms with Crippen LogP contribution in [0.4, 0.5) is 10.5 Å². The highest BCUT2D eigenvalue weighted by Crippen LogP contribution is 2.22. The molecule has 5 N–H and O–H groups in total. The summed E-state index contributed by atoms with van der Waals surface area (Å²) in [6.45, 7) is 0.164. The molecule has 39 heavy (non-hydrogen) atoms. The van der Waals surface area contributed by atoms with Crippen LogP contribution in [0.5, 0.6) is 5.75 Å². The fourth-order valence-electron chi connectivity index (χ4n) is 4.42. The first kappa shape index (κ1) is 27.0. The Balaban J connectivity index is 1.54. The van der Waals surface area contributed by atoms with E-state index in [-0.39, 0.29) is 25.1 Å². The van der Waals surface area contributed by atoms with Crippen molar-refractivity contribution >= 4 is 29.4 Å². The summed E-state index contributed by atoms with van der Waals surface area (Å²) in [5, 5.41) is 8.17. The summed E-state index contributed by atoms with van der Waals surface area (Å²) in [4.78, 5) is 61.2. The van der Waals surface area contributed by atoms with E-state index < -0.39 is 41.9 Å². The number of carbonyl (C=O) groups is 4. The predicted octanol–water partition coefficient (Wildman–Crippen LogP) is 1.10. The fraction of sp³-hybridized carbons (Fsp3) is 0.259. The Bertz CT molecular complexity index is 1320. The van der Waals surface area contributed by atoms with Gasteiger partial charge in [-0.15, -0.1) is 0 Å². The third-order valence-corrected chi connectivity index (χ3v) is 6.30. The predicted molar refractivity (Wildman–Crippen MR) is 142 cm³/mol. The van der Waals surface area contributed by atoms with Gasteiger partial charge in [0, 0.05) is 37.1 Å². The number of hydrogen-bond acceptors (Lipinski definition) is 7. The van der Waals surface area contributed by atoms with Gasteiger partial charge >= 0.3 is 6.03 Å². The number of urea groups is 1. The molecule has 4 rings (SSSR count). The number of rotatable bonds is 9. The molecule has 12 nitrogen and oxygen atoms in total. The minimum absolute atomic E-state index is 0.0486. The van der Waals surface area contributed by atoms with Crippen LogP contribution in [0.15, 0.2) is 73.2 Å². The van der Waals surface area contributed by atoms with Gasteiger partial charge < -0.3 is 31.3 Å². The third-order valence-electron chi connectivity index (χ3n) is 6.30. The Kier molecular flexibility index (Phi) is 8.67. The molecule has 1 saturated heterocycles. The summed E-state index contributed by atoms with van der Waals surface area (Å²) in [7, 11) is 1.51. The highest BCUT2D eigenvalue weighted by molar-refractivity contribution is 5.98. The molecule has 1 fully saturated rings. The molecule has 3 unspecified atom stereocenters. The standard InChI is InChI=1S/C27H29N7O5/c1-39-19-9-5-8-18(15-19)31-27(38)33-20-10-13-34(26(37)22-16-29-11-12-30-22)23(20)25(36)32-21(24(28)35)14-17-6-3-2-4-7-17/h2-9,11-12,15-16,20-21,23H,10,13-14H2,1H3,(H2,28,35)(H,32,36)(H2,31,33,38). The topological polar surface area (TPSA) is 169 Å². The summed E-state index contributed by atoms with van der Waals surface area (Å²) in [6, 6.07) is 12.4. The van der Waals surface area contributed by atoms with Crippen molar-refractivity contribution in [3.05, 3.63) is 84.4 Å². The zero-order valence-corrected chi connectivity index (χ0v) is 21.2. The molecule has 1 aliphatic rings. The highest BCUT2D eigenvalue weighted by Gasteiger charge is 2.44. The Morgan fingerprint density at radius 1 is 1.10 bits per heavy atom.